The summed E-state index contributed by atoms with van der Waals surface area (Å²) in [6.07, 6.45) is 1.98. The number of carbonyl (C=O) groups is 1. The van der Waals surface area contributed by atoms with Gasteiger partial charge in [-0.15, -0.1) is 0 Å². The summed E-state index contributed by atoms with van der Waals surface area (Å²) < 4.78 is 58.4. The van der Waals surface area contributed by atoms with E-state index >= 15 is 0 Å². The Labute approximate surface area is 200 Å². The first-order valence-electron chi connectivity index (χ1n) is 10.5. The predicted octanol–water partition coefficient (Wildman–Crippen LogP) is 5.15. The van der Waals surface area contributed by atoms with Crippen molar-refractivity contribution in [3.63, 3.8) is 0 Å². The molecular weight excluding hydrogens is 476 g/mol. The zero-order chi connectivity index (χ0) is 25.2. The summed E-state index contributed by atoms with van der Waals surface area (Å²) in [4.78, 5) is 16.8. The van der Waals surface area contributed by atoms with Gasteiger partial charge >= 0.3 is 0 Å². The van der Waals surface area contributed by atoms with Crippen LogP contribution >= 0.6 is 0 Å². The van der Waals surface area contributed by atoms with E-state index in [1.54, 1.807) is 4.72 Å². The molecule has 0 saturated carbocycles. The van der Waals surface area contributed by atoms with Gasteiger partial charge in [-0.1, -0.05) is 42.5 Å². The molecule has 7 nitrogen and oxygen atoms in total. The Morgan fingerprint density at radius 2 is 1.51 bits per heavy atom. The lowest BCUT2D eigenvalue weighted by molar-refractivity contribution is 0.0934. The third-order valence-electron chi connectivity index (χ3n) is 5.18. The molecule has 10 heteroatoms. The topological polar surface area (TPSA) is 101 Å². The maximum atomic E-state index is 14.3. The van der Waals surface area contributed by atoms with Crippen LogP contribution in [0.4, 0.5) is 14.5 Å². The molecule has 0 aliphatic heterocycles. The predicted molar refractivity (Wildman–Crippen MR) is 128 cm³/mol. The van der Waals surface area contributed by atoms with E-state index in [0.717, 1.165) is 29.5 Å². The Hall–Kier alpha value is -4.05. The molecule has 0 spiro atoms. The number of sulfonamides is 1. The van der Waals surface area contributed by atoms with Crippen LogP contribution in [0.25, 0.3) is 22.6 Å². The second-order valence-electron chi connectivity index (χ2n) is 7.91. The Kier molecular flexibility index (Phi) is 6.65. The van der Waals surface area contributed by atoms with Crippen molar-refractivity contribution in [3.8, 4) is 22.6 Å². The van der Waals surface area contributed by atoms with Crippen molar-refractivity contribution in [3.05, 3.63) is 95.9 Å². The highest BCUT2D eigenvalue weighted by Crippen LogP contribution is 2.26. The molecule has 0 unspecified atom stereocenters. The fraction of sp³-hybridized carbons (Fsp3) is 0.120. The number of rotatable bonds is 7. The maximum Gasteiger partial charge on any atom is 0.273 e. The van der Waals surface area contributed by atoms with Crippen LogP contribution in [0.3, 0.4) is 0 Å². The molecule has 0 radical (unpaired) electrons. The van der Waals surface area contributed by atoms with Crippen molar-refractivity contribution >= 4 is 21.6 Å². The van der Waals surface area contributed by atoms with Gasteiger partial charge in [0, 0.05) is 5.56 Å². The number of anilines is 1. The standard InChI is InChI=1S/C25H21F2N3O4S/c1-15(19-12-20(26)23(21(27)13-19)30-35(2,32)33)28-24(31)22-14-34-25(29-22)18-10-8-17(9-11-18)16-6-4-3-5-7-16/h3-15,30H,1-2H3,(H,28,31)/t15-/m1/s1. The number of benzene rings is 3. The van der Waals surface area contributed by atoms with Gasteiger partial charge in [-0.3, -0.25) is 9.52 Å². The Morgan fingerprint density at radius 3 is 2.11 bits per heavy atom. The van der Waals surface area contributed by atoms with Crippen LogP contribution in [0.5, 0.6) is 0 Å². The first-order valence-corrected chi connectivity index (χ1v) is 12.4. The van der Waals surface area contributed by atoms with Gasteiger partial charge in [0.25, 0.3) is 5.91 Å². The molecule has 1 atom stereocenters. The number of aromatic nitrogens is 1. The molecule has 180 valence electrons. The molecule has 1 heterocycles. The van der Waals surface area contributed by atoms with Crippen LogP contribution < -0.4 is 10.0 Å². The Balaban J connectivity index is 1.46. The first-order chi connectivity index (χ1) is 16.6. The smallest absolute Gasteiger partial charge is 0.273 e. The SMILES string of the molecule is C[C@@H](NC(=O)c1coc(-c2ccc(-c3ccccc3)cc2)n1)c1cc(F)c(NS(C)(=O)=O)c(F)c1. The van der Waals surface area contributed by atoms with Gasteiger partial charge < -0.3 is 9.73 Å². The van der Waals surface area contributed by atoms with Gasteiger partial charge in [0.15, 0.2) is 17.3 Å². The Morgan fingerprint density at radius 1 is 0.943 bits per heavy atom. The number of halogens is 2. The van der Waals surface area contributed by atoms with Crippen molar-refractivity contribution in [1.82, 2.24) is 10.3 Å². The molecule has 2 N–H and O–H groups in total. The molecule has 0 aliphatic rings. The van der Waals surface area contributed by atoms with Gasteiger partial charge in [-0.2, -0.15) is 0 Å². The van der Waals surface area contributed by atoms with Gasteiger partial charge in [0.1, 0.15) is 12.0 Å². The van der Waals surface area contributed by atoms with E-state index in [0.29, 0.717) is 5.56 Å². The van der Waals surface area contributed by atoms with Crippen LogP contribution in [0.2, 0.25) is 0 Å². The summed E-state index contributed by atoms with van der Waals surface area (Å²) in [5, 5.41) is 2.60. The number of nitrogens with zero attached hydrogens (tertiary/aromatic N) is 1. The van der Waals surface area contributed by atoms with E-state index < -0.39 is 39.3 Å². The fourth-order valence-electron chi connectivity index (χ4n) is 3.43. The molecule has 0 saturated heterocycles. The third-order valence-corrected chi connectivity index (χ3v) is 5.75. The van der Waals surface area contributed by atoms with Gasteiger partial charge in [-0.25, -0.2) is 22.2 Å². The van der Waals surface area contributed by atoms with Crippen molar-refractivity contribution in [2.75, 3.05) is 11.0 Å². The van der Waals surface area contributed by atoms with Crippen LogP contribution in [0, 0.1) is 11.6 Å². The Bertz CT molecular complexity index is 1450. The molecule has 1 aromatic heterocycles. The van der Waals surface area contributed by atoms with Crippen LogP contribution in [-0.2, 0) is 10.0 Å². The summed E-state index contributed by atoms with van der Waals surface area (Å²) >= 11 is 0. The van der Waals surface area contributed by atoms with Crippen molar-refractivity contribution in [2.24, 2.45) is 0 Å². The third kappa shape index (κ3) is 5.72. The molecule has 4 rings (SSSR count). The van der Waals surface area contributed by atoms with E-state index in [1.165, 1.54) is 13.2 Å². The summed E-state index contributed by atoms with van der Waals surface area (Å²) in [7, 11) is -3.87. The number of nitrogens with one attached hydrogen (secondary N) is 2. The molecule has 0 aliphatic carbocycles. The number of amides is 1. The monoisotopic (exact) mass is 497 g/mol. The molecule has 4 aromatic rings. The lowest BCUT2D eigenvalue weighted by atomic mass is 10.0. The summed E-state index contributed by atoms with van der Waals surface area (Å²) in [6, 6.07) is 18.4. The molecule has 35 heavy (non-hydrogen) atoms. The minimum absolute atomic E-state index is 0.00436. The summed E-state index contributed by atoms with van der Waals surface area (Å²) in [5.74, 6) is -2.56. The summed E-state index contributed by atoms with van der Waals surface area (Å²) in [6.45, 7) is 1.53. The average Bonchev–Trinajstić information content (AvgIpc) is 3.32. The first kappa shape index (κ1) is 24.1. The minimum atomic E-state index is -3.87. The number of oxazole rings is 1. The maximum absolute atomic E-state index is 14.3. The molecule has 0 bridgehead atoms. The van der Waals surface area contributed by atoms with Crippen molar-refractivity contribution in [1.29, 1.82) is 0 Å². The van der Waals surface area contributed by atoms with E-state index in [-0.39, 0.29) is 17.1 Å². The van der Waals surface area contributed by atoms with Crippen LogP contribution in [-0.4, -0.2) is 25.6 Å². The fourth-order valence-corrected chi connectivity index (χ4v) is 3.99. The second kappa shape index (κ2) is 9.67. The van der Waals surface area contributed by atoms with Gasteiger partial charge in [0.05, 0.1) is 12.3 Å². The van der Waals surface area contributed by atoms with E-state index in [4.69, 9.17) is 4.42 Å². The lowest BCUT2D eigenvalue weighted by Gasteiger charge is -2.15. The highest BCUT2D eigenvalue weighted by molar-refractivity contribution is 7.92. The van der Waals surface area contributed by atoms with E-state index in [1.807, 2.05) is 54.6 Å². The number of hydrogen-bond acceptors (Lipinski definition) is 5. The highest BCUT2D eigenvalue weighted by Gasteiger charge is 2.20. The molecule has 0 fully saturated rings. The van der Waals surface area contributed by atoms with Gasteiger partial charge in [-0.05, 0) is 47.9 Å². The minimum Gasteiger partial charge on any atom is -0.444 e. The number of hydrogen-bond donors (Lipinski definition) is 2. The number of carbonyl (C=O) groups excluding carboxylic acids is 1. The van der Waals surface area contributed by atoms with Crippen LogP contribution in [0.1, 0.15) is 29.0 Å². The largest absolute Gasteiger partial charge is 0.444 e. The zero-order valence-corrected chi connectivity index (χ0v) is 19.6. The van der Waals surface area contributed by atoms with E-state index in [2.05, 4.69) is 10.3 Å². The average molecular weight is 498 g/mol. The van der Waals surface area contributed by atoms with Crippen LogP contribution in [0.15, 0.2) is 77.4 Å². The molecular formula is C25H21F2N3O4S. The normalized spacial score (nSPS) is 12.2. The van der Waals surface area contributed by atoms with Gasteiger partial charge in [0.2, 0.25) is 15.9 Å². The van der Waals surface area contributed by atoms with E-state index in [9.17, 15) is 22.0 Å². The molecule has 1 amide bonds. The zero-order valence-electron chi connectivity index (χ0n) is 18.7. The summed E-state index contributed by atoms with van der Waals surface area (Å²) in [5.41, 5.74) is 2.07. The van der Waals surface area contributed by atoms with Crippen molar-refractivity contribution in [2.45, 2.75) is 13.0 Å². The highest BCUT2D eigenvalue weighted by atomic mass is 32.2. The lowest BCUT2D eigenvalue weighted by Crippen LogP contribution is -2.27. The van der Waals surface area contributed by atoms with Crippen molar-refractivity contribution < 1.29 is 26.4 Å². The quantitative estimate of drug-likeness (QED) is 0.368. The second-order valence-corrected chi connectivity index (χ2v) is 9.66. The molecule has 3 aromatic carbocycles.